The molecule has 0 spiro atoms. The average molecular weight is 388 g/mol. The van der Waals surface area contributed by atoms with Gasteiger partial charge in [0.1, 0.15) is 5.15 Å². The summed E-state index contributed by atoms with van der Waals surface area (Å²) < 4.78 is 7.56. The van der Waals surface area contributed by atoms with Crippen LogP contribution in [0, 0.1) is 0 Å². The molecule has 1 atom stereocenters. The van der Waals surface area contributed by atoms with Crippen LogP contribution in [-0.2, 0) is 18.4 Å². The van der Waals surface area contributed by atoms with Crippen LogP contribution >= 0.6 is 11.6 Å². The molecule has 0 aliphatic heterocycles. The molecule has 0 saturated heterocycles. The summed E-state index contributed by atoms with van der Waals surface area (Å²) in [4.78, 5) is 15.6. The maximum Gasteiger partial charge on any atom is 0.312 e. The number of fused-ring (bicyclic) bond motifs is 1. The number of pyridine rings is 1. The number of amides is 2. The summed E-state index contributed by atoms with van der Waals surface area (Å²) in [6.07, 6.45) is 3.23. The first kappa shape index (κ1) is 19.1. The van der Waals surface area contributed by atoms with Crippen molar-refractivity contribution in [2.24, 2.45) is 12.8 Å². The molecular formula is C19H22ClN5O2. The molecule has 1 aromatic carbocycles. The molecule has 0 saturated carbocycles. The number of carbonyl (C=O) groups excluding carboxylic acids is 1. The lowest BCUT2D eigenvalue weighted by atomic mass is 10.0. The molecule has 3 aromatic rings. The molecule has 1 unspecified atom stereocenters. The highest BCUT2D eigenvalue weighted by Crippen LogP contribution is 2.22. The van der Waals surface area contributed by atoms with Crippen molar-refractivity contribution in [3.8, 4) is 0 Å². The maximum atomic E-state index is 11.3. The molecule has 3 N–H and O–H groups in total. The van der Waals surface area contributed by atoms with E-state index in [-0.39, 0.29) is 6.04 Å². The average Bonchev–Trinajstić information content (AvgIpc) is 3.01. The number of aryl methyl sites for hydroxylation is 1. The lowest BCUT2D eigenvalue weighted by Crippen LogP contribution is -2.33. The van der Waals surface area contributed by atoms with E-state index < -0.39 is 6.03 Å². The van der Waals surface area contributed by atoms with E-state index in [0.29, 0.717) is 18.4 Å². The number of hydrogen-bond donors (Lipinski definition) is 2. The third kappa shape index (κ3) is 4.96. The number of urea groups is 1. The van der Waals surface area contributed by atoms with Crippen LogP contribution in [0.3, 0.4) is 0 Å². The molecular weight excluding hydrogens is 366 g/mol. The Balaban J connectivity index is 1.55. The Morgan fingerprint density at radius 3 is 2.89 bits per heavy atom. The van der Waals surface area contributed by atoms with Crippen LogP contribution in [0.4, 0.5) is 4.79 Å². The normalized spacial score (nSPS) is 12.2. The molecule has 2 amide bonds. The van der Waals surface area contributed by atoms with Crippen LogP contribution in [0.5, 0.6) is 0 Å². The molecule has 7 nitrogen and oxygen atoms in total. The van der Waals surface area contributed by atoms with Crippen molar-refractivity contribution in [1.29, 1.82) is 0 Å². The third-order valence-electron chi connectivity index (χ3n) is 4.30. The molecule has 0 fully saturated rings. The zero-order valence-corrected chi connectivity index (χ0v) is 15.8. The molecule has 0 bridgehead atoms. The largest absolute Gasteiger partial charge is 0.375 e. The molecule has 2 heterocycles. The molecule has 142 valence electrons. The number of nitrogens with zero attached hydrogens (tertiary/aromatic N) is 3. The van der Waals surface area contributed by atoms with Gasteiger partial charge in [0.15, 0.2) is 0 Å². The van der Waals surface area contributed by atoms with Gasteiger partial charge < -0.3 is 15.8 Å². The Morgan fingerprint density at radius 1 is 1.37 bits per heavy atom. The van der Waals surface area contributed by atoms with E-state index in [1.807, 2.05) is 37.4 Å². The van der Waals surface area contributed by atoms with Crippen molar-refractivity contribution in [1.82, 2.24) is 20.1 Å². The van der Waals surface area contributed by atoms with Crippen LogP contribution in [0.15, 0.2) is 42.6 Å². The van der Waals surface area contributed by atoms with E-state index in [2.05, 4.69) is 15.4 Å². The van der Waals surface area contributed by atoms with Gasteiger partial charge in [0.05, 0.1) is 30.1 Å². The fourth-order valence-electron chi connectivity index (χ4n) is 3.09. The first-order chi connectivity index (χ1) is 13.0. The number of nitrogens with two attached hydrogens (primary N) is 1. The van der Waals surface area contributed by atoms with Gasteiger partial charge >= 0.3 is 6.03 Å². The van der Waals surface area contributed by atoms with Crippen molar-refractivity contribution in [2.75, 3.05) is 6.61 Å². The highest BCUT2D eigenvalue weighted by atomic mass is 35.5. The number of benzene rings is 1. The Labute approximate surface area is 162 Å². The smallest absolute Gasteiger partial charge is 0.312 e. The Morgan fingerprint density at radius 2 is 2.15 bits per heavy atom. The Hall–Kier alpha value is -2.64. The molecule has 27 heavy (non-hydrogen) atoms. The summed E-state index contributed by atoms with van der Waals surface area (Å²) in [6, 6.07) is 10.9. The minimum atomic E-state index is -0.536. The second kappa shape index (κ2) is 8.83. The van der Waals surface area contributed by atoms with Gasteiger partial charge in [-0.25, -0.2) is 9.78 Å². The number of rotatable bonds is 8. The van der Waals surface area contributed by atoms with Gasteiger partial charge in [0.25, 0.3) is 0 Å². The minimum Gasteiger partial charge on any atom is -0.375 e. The zero-order chi connectivity index (χ0) is 19.2. The monoisotopic (exact) mass is 387 g/mol. The summed E-state index contributed by atoms with van der Waals surface area (Å²) in [5.74, 6) is 0. The standard InChI is InChI=1S/C19H22ClN5O2/c1-25-18-14(11-22-25)10-17(20)23-16(18)12-27-9-5-8-15(24-19(21)26)13-6-3-2-4-7-13/h2-4,6-7,10-11,15H,5,8-9,12H2,1H3,(H3,21,24,26). The number of halogens is 1. The quantitative estimate of drug-likeness (QED) is 0.457. The van der Waals surface area contributed by atoms with E-state index in [1.165, 1.54) is 0 Å². The summed E-state index contributed by atoms with van der Waals surface area (Å²) >= 11 is 6.08. The van der Waals surface area contributed by atoms with Gasteiger partial charge in [0, 0.05) is 19.0 Å². The van der Waals surface area contributed by atoms with Crippen molar-refractivity contribution in [2.45, 2.75) is 25.5 Å². The summed E-state index contributed by atoms with van der Waals surface area (Å²) in [7, 11) is 1.86. The van der Waals surface area contributed by atoms with Crippen LogP contribution in [0.2, 0.25) is 5.15 Å². The second-order valence-corrected chi connectivity index (χ2v) is 6.65. The van der Waals surface area contributed by atoms with Crippen LogP contribution in [-0.4, -0.2) is 27.4 Å². The molecule has 3 rings (SSSR count). The molecule has 2 aromatic heterocycles. The highest BCUT2D eigenvalue weighted by Gasteiger charge is 2.13. The van der Waals surface area contributed by atoms with Crippen LogP contribution < -0.4 is 11.1 Å². The van der Waals surface area contributed by atoms with Crippen molar-refractivity contribution >= 4 is 28.5 Å². The van der Waals surface area contributed by atoms with Gasteiger partial charge in [-0.2, -0.15) is 5.10 Å². The van der Waals surface area contributed by atoms with Crippen molar-refractivity contribution in [3.05, 3.63) is 59.0 Å². The fourth-order valence-corrected chi connectivity index (χ4v) is 3.31. The van der Waals surface area contributed by atoms with E-state index in [0.717, 1.165) is 35.0 Å². The molecule has 0 aliphatic rings. The van der Waals surface area contributed by atoms with E-state index in [1.54, 1.807) is 16.9 Å². The number of hydrogen-bond acceptors (Lipinski definition) is 4. The number of carbonyl (C=O) groups is 1. The first-order valence-electron chi connectivity index (χ1n) is 8.70. The number of primary amides is 1. The van der Waals surface area contributed by atoms with Crippen molar-refractivity contribution < 1.29 is 9.53 Å². The van der Waals surface area contributed by atoms with E-state index in [4.69, 9.17) is 22.1 Å². The Bertz CT molecular complexity index is 913. The van der Waals surface area contributed by atoms with Gasteiger partial charge in [-0.1, -0.05) is 41.9 Å². The van der Waals surface area contributed by atoms with Crippen LogP contribution in [0.25, 0.3) is 10.9 Å². The predicted octanol–water partition coefficient (Wildman–Crippen LogP) is 3.33. The predicted molar refractivity (Wildman–Crippen MR) is 104 cm³/mol. The summed E-state index contributed by atoms with van der Waals surface area (Å²) in [5.41, 5.74) is 7.99. The lowest BCUT2D eigenvalue weighted by molar-refractivity contribution is 0.113. The summed E-state index contributed by atoms with van der Waals surface area (Å²) in [5, 5.41) is 8.38. The second-order valence-electron chi connectivity index (χ2n) is 6.26. The van der Waals surface area contributed by atoms with Gasteiger partial charge in [0.2, 0.25) is 0 Å². The molecule has 0 radical (unpaired) electrons. The fraction of sp³-hybridized carbons (Fsp3) is 0.316. The van der Waals surface area contributed by atoms with Gasteiger partial charge in [-0.15, -0.1) is 0 Å². The van der Waals surface area contributed by atoms with Crippen LogP contribution in [0.1, 0.15) is 30.1 Å². The molecule has 0 aliphatic carbocycles. The number of ether oxygens (including phenoxy) is 1. The SMILES string of the molecule is Cn1ncc2cc(Cl)nc(COCCCC(NC(N)=O)c3ccccc3)c21. The lowest BCUT2D eigenvalue weighted by Gasteiger charge is -2.18. The zero-order valence-electron chi connectivity index (χ0n) is 15.1. The Kier molecular flexibility index (Phi) is 6.26. The van der Waals surface area contributed by atoms with E-state index in [9.17, 15) is 4.79 Å². The highest BCUT2D eigenvalue weighted by molar-refractivity contribution is 6.30. The summed E-state index contributed by atoms with van der Waals surface area (Å²) in [6.45, 7) is 0.868. The van der Waals surface area contributed by atoms with Gasteiger partial charge in [-0.05, 0) is 24.5 Å². The van der Waals surface area contributed by atoms with Crippen molar-refractivity contribution in [3.63, 3.8) is 0 Å². The topological polar surface area (TPSA) is 95.1 Å². The number of aromatic nitrogens is 3. The van der Waals surface area contributed by atoms with Gasteiger partial charge in [-0.3, -0.25) is 4.68 Å². The van der Waals surface area contributed by atoms with E-state index >= 15 is 0 Å². The molecule has 8 heteroatoms. The third-order valence-corrected chi connectivity index (χ3v) is 4.49. The maximum absolute atomic E-state index is 11.3. The minimum absolute atomic E-state index is 0.139. The number of nitrogens with one attached hydrogen (secondary N) is 1. The first-order valence-corrected chi connectivity index (χ1v) is 9.08.